The van der Waals surface area contributed by atoms with E-state index in [1.165, 1.54) is 29.2 Å². The molecule has 10 heteroatoms. The summed E-state index contributed by atoms with van der Waals surface area (Å²) >= 11 is 2.68. The number of thiazole rings is 1. The molecule has 0 N–H and O–H groups in total. The van der Waals surface area contributed by atoms with Crippen LogP contribution in [0.4, 0.5) is 5.69 Å². The summed E-state index contributed by atoms with van der Waals surface area (Å²) in [6, 6.07) is 12.2. The van der Waals surface area contributed by atoms with E-state index < -0.39 is 4.92 Å². The Kier molecular flexibility index (Phi) is 7.69. The van der Waals surface area contributed by atoms with E-state index in [0.29, 0.717) is 54.5 Å². The van der Waals surface area contributed by atoms with E-state index in [-0.39, 0.29) is 17.7 Å². The number of likely N-dealkylation sites (tertiary alicyclic amines) is 1. The molecule has 0 bridgehead atoms. The second-order valence-electron chi connectivity index (χ2n) is 7.79. The van der Waals surface area contributed by atoms with Crippen molar-refractivity contribution < 1.29 is 19.2 Å². The second kappa shape index (κ2) is 10.9. The number of amides is 1. The van der Waals surface area contributed by atoms with Gasteiger partial charge in [-0.1, -0.05) is 23.9 Å². The van der Waals surface area contributed by atoms with Crippen molar-refractivity contribution >= 4 is 34.7 Å². The van der Waals surface area contributed by atoms with Crippen LogP contribution in [0.3, 0.4) is 0 Å². The lowest BCUT2D eigenvalue weighted by molar-refractivity contribution is -0.387. The number of hydrogen-bond acceptors (Lipinski definition) is 8. The summed E-state index contributed by atoms with van der Waals surface area (Å²) in [4.78, 5) is 30.9. The number of nitrogens with zero attached hydrogens (tertiary/aromatic N) is 3. The zero-order valence-electron chi connectivity index (χ0n) is 18.9. The van der Waals surface area contributed by atoms with Gasteiger partial charge in [0.1, 0.15) is 6.10 Å². The molecule has 0 aliphatic carbocycles. The molecule has 1 amide bonds. The molecule has 34 heavy (non-hydrogen) atoms. The lowest BCUT2D eigenvalue weighted by Gasteiger charge is -2.32. The van der Waals surface area contributed by atoms with Crippen LogP contribution >= 0.6 is 23.1 Å². The number of aromatic nitrogens is 1. The fraction of sp³-hybridized carbons (Fsp3) is 0.333. The van der Waals surface area contributed by atoms with E-state index in [4.69, 9.17) is 9.47 Å². The number of hydrogen-bond donors (Lipinski definition) is 0. The van der Waals surface area contributed by atoms with Crippen LogP contribution in [0.1, 0.15) is 35.8 Å². The molecule has 1 aliphatic rings. The first-order chi connectivity index (χ1) is 16.4. The molecule has 8 nitrogen and oxygen atoms in total. The molecule has 0 saturated carbocycles. The average molecular weight is 500 g/mol. The minimum Gasteiger partial charge on any atom is -0.490 e. The van der Waals surface area contributed by atoms with Crippen molar-refractivity contribution in [1.29, 1.82) is 0 Å². The summed E-state index contributed by atoms with van der Waals surface area (Å²) in [5, 5.41) is 13.6. The number of carbonyl (C=O) groups excluding carboxylic acids is 1. The molecule has 0 spiro atoms. The third-order valence-corrected chi connectivity index (χ3v) is 7.49. The number of para-hydroxylation sites is 2. The Morgan fingerprint density at radius 3 is 2.62 bits per heavy atom. The first-order valence-electron chi connectivity index (χ1n) is 11.0. The predicted octanol–water partition coefficient (Wildman–Crippen LogP) is 5.59. The van der Waals surface area contributed by atoms with E-state index in [2.05, 4.69) is 4.98 Å². The zero-order chi connectivity index (χ0) is 24.1. The maximum absolute atomic E-state index is 13.1. The van der Waals surface area contributed by atoms with Gasteiger partial charge in [-0.15, -0.1) is 11.3 Å². The van der Waals surface area contributed by atoms with Crippen LogP contribution in [0.15, 0.2) is 57.1 Å². The van der Waals surface area contributed by atoms with Crippen molar-refractivity contribution in [3.63, 3.8) is 0 Å². The Hall–Kier alpha value is -3.11. The molecular weight excluding hydrogens is 474 g/mol. The van der Waals surface area contributed by atoms with Crippen molar-refractivity contribution in [3.8, 4) is 11.5 Å². The minimum atomic E-state index is -0.449. The monoisotopic (exact) mass is 499 g/mol. The quantitative estimate of drug-likeness (QED) is 0.294. The van der Waals surface area contributed by atoms with Crippen molar-refractivity contribution in [2.75, 3.05) is 19.7 Å². The van der Waals surface area contributed by atoms with Crippen LogP contribution in [0.25, 0.3) is 0 Å². The van der Waals surface area contributed by atoms with Gasteiger partial charge < -0.3 is 14.4 Å². The van der Waals surface area contributed by atoms with Gasteiger partial charge in [0.2, 0.25) is 0 Å². The summed E-state index contributed by atoms with van der Waals surface area (Å²) in [6.07, 6.45) is 1.32. The molecule has 0 radical (unpaired) electrons. The summed E-state index contributed by atoms with van der Waals surface area (Å²) in [7, 11) is 0. The van der Waals surface area contributed by atoms with E-state index >= 15 is 0 Å². The Morgan fingerprint density at radius 2 is 1.97 bits per heavy atom. The fourth-order valence-electron chi connectivity index (χ4n) is 3.71. The summed E-state index contributed by atoms with van der Waals surface area (Å²) < 4.78 is 12.5. The predicted molar refractivity (Wildman–Crippen MR) is 131 cm³/mol. The van der Waals surface area contributed by atoms with Gasteiger partial charge in [0, 0.05) is 48.6 Å². The molecule has 1 saturated heterocycles. The highest BCUT2D eigenvalue weighted by Crippen LogP contribution is 2.37. The van der Waals surface area contributed by atoms with Gasteiger partial charge in [-0.25, -0.2) is 4.98 Å². The molecule has 2 heterocycles. The van der Waals surface area contributed by atoms with Crippen LogP contribution in [0, 0.1) is 17.0 Å². The minimum absolute atomic E-state index is 0.0273. The van der Waals surface area contributed by atoms with Crippen molar-refractivity contribution in [1.82, 2.24) is 9.88 Å². The topological polar surface area (TPSA) is 94.8 Å². The van der Waals surface area contributed by atoms with Crippen LogP contribution in [0.2, 0.25) is 0 Å². The first-order valence-corrected chi connectivity index (χ1v) is 12.7. The normalized spacial score (nSPS) is 14.1. The van der Waals surface area contributed by atoms with E-state index in [1.54, 1.807) is 17.0 Å². The largest absolute Gasteiger partial charge is 0.490 e. The third-order valence-electron chi connectivity index (χ3n) is 5.37. The number of aryl methyl sites for hydroxylation is 1. The van der Waals surface area contributed by atoms with E-state index in [0.717, 1.165) is 10.0 Å². The lowest BCUT2D eigenvalue weighted by Crippen LogP contribution is -2.41. The maximum Gasteiger partial charge on any atom is 0.284 e. The Bertz CT molecular complexity index is 1170. The molecule has 0 atom stereocenters. The van der Waals surface area contributed by atoms with Crippen LogP contribution in [0.5, 0.6) is 11.5 Å². The highest BCUT2D eigenvalue weighted by molar-refractivity contribution is 8.01. The molecule has 1 fully saturated rings. The fourth-order valence-corrected chi connectivity index (χ4v) is 5.59. The van der Waals surface area contributed by atoms with Gasteiger partial charge in [0.05, 0.1) is 16.4 Å². The van der Waals surface area contributed by atoms with Crippen molar-refractivity contribution in [2.45, 2.75) is 42.0 Å². The van der Waals surface area contributed by atoms with Gasteiger partial charge in [0.15, 0.2) is 15.8 Å². The molecule has 1 aromatic heterocycles. The van der Waals surface area contributed by atoms with Gasteiger partial charge in [-0.3, -0.25) is 14.9 Å². The number of benzene rings is 2. The number of nitro groups is 1. The second-order valence-corrected chi connectivity index (χ2v) is 9.93. The maximum atomic E-state index is 13.1. The van der Waals surface area contributed by atoms with Gasteiger partial charge in [-0.05, 0) is 38.1 Å². The third kappa shape index (κ3) is 5.68. The summed E-state index contributed by atoms with van der Waals surface area (Å²) in [5.74, 6) is 1.20. The smallest absolute Gasteiger partial charge is 0.284 e. The Morgan fingerprint density at radius 1 is 1.24 bits per heavy atom. The molecule has 178 valence electrons. The lowest BCUT2D eigenvalue weighted by atomic mass is 10.1. The molecule has 2 aromatic carbocycles. The molecule has 1 aliphatic heterocycles. The number of ether oxygens (including phenoxy) is 2. The van der Waals surface area contributed by atoms with Crippen molar-refractivity contribution in [3.05, 3.63) is 69.2 Å². The van der Waals surface area contributed by atoms with Gasteiger partial charge in [0.25, 0.3) is 11.6 Å². The van der Waals surface area contributed by atoms with Crippen molar-refractivity contribution in [2.24, 2.45) is 0 Å². The Balaban J connectivity index is 1.41. The Labute approximate surface area is 206 Å². The van der Waals surface area contributed by atoms with Crippen LogP contribution in [-0.4, -0.2) is 46.5 Å². The number of piperidine rings is 1. The van der Waals surface area contributed by atoms with Gasteiger partial charge >= 0.3 is 0 Å². The standard InChI is InChI=1S/C24H25N3O5S2/c1-3-31-20-6-4-5-7-21(20)32-18-10-12-26(13-11-18)23(28)17-8-9-22(19(14-17)27(29)30)34-24-25-16(2)15-33-24/h4-9,14-15,18H,3,10-13H2,1-2H3. The van der Waals surface area contributed by atoms with E-state index in [9.17, 15) is 14.9 Å². The molecule has 3 aromatic rings. The zero-order valence-corrected chi connectivity index (χ0v) is 20.6. The molecule has 4 rings (SSSR count). The SMILES string of the molecule is CCOc1ccccc1OC1CCN(C(=O)c2ccc(Sc3nc(C)cs3)c([N+](=O)[O-])c2)CC1. The van der Waals surface area contributed by atoms with Gasteiger partial charge in [-0.2, -0.15) is 0 Å². The average Bonchev–Trinajstić information content (AvgIpc) is 3.25. The van der Waals surface area contributed by atoms with E-state index in [1.807, 2.05) is 43.5 Å². The number of nitro benzene ring substituents is 1. The number of carbonyl (C=O) groups is 1. The summed E-state index contributed by atoms with van der Waals surface area (Å²) in [5.41, 5.74) is 1.09. The number of rotatable bonds is 8. The van der Waals surface area contributed by atoms with Crippen LogP contribution in [-0.2, 0) is 0 Å². The van der Waals surface area contributed by atoms with Crippen LogP contribution < -0.4 is 9.47 Å². The highest BCUT2D eigenvalue weighted by atomic mass is 32.2. The molecular formula is C24H25N3O5S2. The molecule has 0 unspecified atom stereocenters. The first kappa shape index (κ1) is 24.0. The summed E-state index contributed by atoms with van der Waals surface area (Å²) in [6.45, 7) is 5.39. The highest BCUT2D eigenvalue weighted by Gasteiger charge is 2.27.